The zero-order chi connectivity index (χ0) is 15.2. The van der Waals surface area contributed by atoms with E-state index in [1.807, 2.05) is 13.8 Å². The molecule has 0 amide bonds. The first-order valence-corrected chi connectivity index (χ1v) is 7.14. The topological polar surface area (TPSA) is 82.2 Å². The Balaban J connectivity index is 3.03. The van der Waals surface area contributed by atoms with Crippen LogP contribution in [0, 0.1) is 0 Å². The molecule has 1 aromatic heterocycles. The van der Waals surface area contributed by atoms with Crippen molar-refractivity contribution < 1.29 is 4.74 Å². The summed E-state index contributed by atoms with van der Waals surface area (Å²) in [5.41, 5.74) is 5.77. The van der Waals surface area contributed by atoms with Gasteiger partial charge in [0.1, 0.15) is 5.02 Å². The van der Waals surface area contributed by atoms with E-state index in [1.165, 1.54) is 4.68 Å². The van der Waals surface area contributed by atoms with Crippen LogP contribution < -0.4 is 16.6 Å². The molecule has 0 spiro atoms. The smallest absolute Gasteiger partial charge is 0.287 e. The number of anilines is 1. The summed E-state index contributed by atoms with van der Waals surface area (Å²) in [5, 5.41) is 7.51. The molecule has 114 valence electrons. The van der Waals surface area contributed by atoms with E-state index in [4.69, 9.17) is 22.1 Å². The van der Waals surface area contributed by atoms with Crippen molar-refractivity contribution in [1.82, 2.24) is 9.78 Å². The van der Waals surface area contributed by atoms with Crippen LogP contribution in [0.15, 0.2) is 11.0 Å². The third kappa shape index (κ3) is 3.71. The lowest BCUT2D eigenvalue weighted by Gasteiger charge is -2.32. The van der Waals surface area contributed by atoms with Crippen LogP contribution >= 0.6 is 11.6 Å². The van der Waals surface area contributed by atoms with E-state index >= 15 is 0 Å². The van der Waals surface area contributed by atoms with Gasteiger partial charge < -0.3 is 15.8 Å². The lowest BCUT2D eigenvalue weighted by atomic mass is 9.93. The molecule has 1 heterocycles. The SMILES string of the molecule is CCC(CC)(CN)Nc1cnn(CCOC)c(=O)c1Cl. The zero-order valence-electron chi connectivity index (χ0n) is 12.3. The quantitative estimate of drug-likeness (QED) is 0.760. The third-order valence-corrected chi connectivity index (χ3v) is 4.00. The summed E-state index contributed by atoms with van der Waals surface area (Å²) in [6, 6.07) is 0. The van der Waals surface area contributed by atoms with Crippen molar-refractivity contribution >= 4 is 17.3 Å². The van der Waals surface area contributed by atoms with Crippen LogP contribution in [-0.2, 0) is 11.3 Å². The van der Waals surface area contributed by atoms with Crippen molar-refractivity contribution in [3.05, 3.63) is 21.6 Å². The van der Waals surface area contributed by atoms with E-state index in [0.29, 0.717) is 25.4 Å². The van der Waals surface area contributed by atoms with Crippen LogP contribution in [0.25, 0.3) is 0 Å². The molecule has 7 heteroatoms. The van der Waals surface area contributed by atoms with Crippen molar-refractivity contribution in [3.63, 3.8) is 0 Å². The molecule has 0 bridgehead atoms. The molecule has 0 unspecified atom stereocenters. The van der Waals surface area contributed by atoms with Crippen molar-refractivity contribution in [1.29, 1.82) is 0 Å². The predicted octanol–water partition coefficient (Wildman–Crippen LogP) is 1.47. The molecule has 0 radical (unpaired) electrons. The molecule has 0 aliphatic rings. The van der Waals surface area contributed by atoms with Gasteiger partial charge in [-0.2, -0.15) is 5.10 Å². The van der Waals surface area contributed by atoms with Gasteiger partial charge in [0.2, 0.25) is 0 Å². The number of nitrogens with one attached hydrogen (secondary N) is 1. The summed E-state index contributed by atoms with van der Waals surface area (Å²) >= 11 is 6.14. The van der Waals surface area contributed by atoms with Gasteiger partial charge in [-0.1, -0.05) is 25.4 Å². The van der Waals surface area contributed by atoms with E-state index in [9.17, 15) is 4.79 Å². The predicted molar refractivity (Wildman–Crippen MR) is 81.4 cm³/mol. The highest BCUT2D eigenvalue weighted by molar-refractivity contribution is 6.32. The average Bonchev–Trinajstić information content (AvgIpc) is 2.48. The fraction of sp³-hybridized carbons (Fsp3) is 0.692. The molecular weight excluding hydrogens is 280 g/mol. The Hall–Kier alpha value is -1.11. The summed E-state index contributed by atoms with van der Waals surface area (Å²) in [6.07, 6.45) is 3.24. The summed E-state index contributed by atoms with van der Waals surface area (Å²) in [5.74, 6) is 0. The fourth-order valence-electron chi connectivity index (χ4n) is 1.94. The molecule has 6 nitrogen and oxygen atoms in total. The van der Waals surface area contributed by atoms with Gasteiger partial charge in [0.15, 0.2) is 0 Å². The molecule has 3 N–H and O–H groups in total. The Kier molecular flexibility index (Phi) is 6.45. The average molecular weight is 303 g/mol. The number of nitrogens with zero attached hydrogens (tertiary/aromatic N) is 2. The maximum Gasteiger partial charge on any atom is 0.287 e. The summed E-state index contributed by atoms with van der Waals surface area (Å²) in [7, 11) is 1.57. The second kappa shape index (κ2) is 7.61. The van der Waals surface area contributed by atoms with Crippen molar-refractivity contribution in [2.24, 2.45) is 5.73 Å². The van der Waals surface area contributed by atoms with Crippen molar-refractivity contribution in [3.8, 4) is 0 Å². The fourth-order valence-corrected chi connectivity index (χ4v) is 2.13. The number of aromatic nitrogens is 2. The highest BCUT2D eigenvalue weighted by Gasteiger charge is 2.25. The van der Waals surface area contributed by atoms with Crippen LogP contribution in [-0.4, -0.2) is 35.6 Å². The second-order valence-electron chi connectivity index (χ2n) is 4.71. The van der Waals surface area contributed by atoms with Gasteiger partial charge in [0.25, 0.3) is 5.56 Å². The lowest BCUT2D eigenvalue weighted by Crippen LogP contribution is -2.45. The maximum absolute atomic E-state index is 12.1. The monoisotopic (exact) mass is 302 g/mol. The Bertz CT molecular complexity index is 477. The molecule has 0 aromatic carbocycles. The maximum atomic E-state index is 12.1. The second-order valence-corrected chi connectivity index (χ2v) is 5.09. The molecule has 1 aromatic rings. The summed E-state index contributed by atoms with van der Waals surface area (Å²) in [4.78, 5) is 12.1. The van der Waals surface area contributed by atoms with Crippen LogP contribution in [0.4, 0.5) is 5.69 Å². The molecule has 0 fully saturated rings. The van der Waals surface area contributed by atoms with Gasteiger partial charge in [-0.15, -0.1) is 0 Å². The molecule has 0 aliphatic heterocycles. The van der Waals surface area contributed by atoms with E-state index < -0.39 is 0 Å². The lowest BCUT2D eigenvalue weighted by molar-refractivity contribution is 0.182. The first-order valence-electron chi connectivity index (χ1n) is 6.76. The Labute approximate surface area is 124 Å². The summed E-state index contributed by atoms with van der Waals surface area (Å²) in [6.45, 7) is 5.34. The molecule has 0 aliphatic carbocycles. The first kappa shape index (κ1) is 16.9. The minimum atomic E-state index is -0.327. The van der Waals surface area contributed by atoms with Gasteiger partial charge in [0, 0.05) is 19.2 Å². The minimum Gasteiger partial charge on any atom is -0.383 e. The third-order valence-electron chi connectivity index (χ3n) is 3.64. The van der Waals surface area contributed by atoms with Gasteiger partial charge in [0.05, 0.1) is 25.0 Å². The standard InChI is InChI=1S/C13H23ClN4O2/c1-4-13(5-2,9-15)17-10-8-16-18(6-7-20-3)12(19)11(10)14/h8,17H,4-7,9,15H2,1-3H3. The van der Waals surface area contributed by atoms with E-state index in [2.05, 4.69) is 10.4 Å². The molecular formula is C13H23ClN4O2. The van der Waals surface area contributed by atoms with E-state index in [1.54, 1.807) is 13.3 Å². The van der Waals surface area contributed by atoms with Crippen LogP contribution in [0.5, 0.6) is 0 Å². The zero-order valence-corrected chi connectivity index (χ0v) is 13.0. The number of nitrogens with two attached hydrogens (primary N) is 1. The normalized spacial score (nSPS) is 11.7. The number of halogens is 1. The number of methoxy groups -OCH3 is 1. The molecule has 0 saturated carbocycles. The van der Waals surface area contributed by atoms with Gasteiger partial charge >= 0.3 is 0 Å². The number of hydrogen-bond acceptors (Lipinski definition) is 5. The van der Waals surface area contributed by atoms with Gasteiger partial charge in [-0.25, -0.2) is 4.68 Å². The largest absolute Gasteiger partial charge is 0.383 e. The Morgan fingerprint density at radius 3 is 2.65 bits per heavy atom. The molecule has 0 atom stereocenters. The molecule has 20 heavy (non-hydrogen) atoms. The van der Waals surface area contributed by atoms with Gasteiger partial charge in [-0.05, 0) is 12.8 Å². The van der Waals surface area contributed by atoms with Crippen molar-refractivity contribution in [2.45, 2.75) is 38.8 Å². The van der Waals surface area contributed by atoms with Crippen LogP contribution in [0.2, 0.25) is 5.02 Å². The Morgan fingerprint density at radius 1 is 1.50 bits per heavy atom. The Morgan fingerprint density at radius 2 is 2.15 bits per heavy atom. The molecule has 0 saturated heterocycles. The number of ether oxygens (including phenoxy) is 1. The summed E-state index contributed by atoms with van der Waals surface area (Å²) < 4.78 is 6.22. The van der Waals surface area contributed by atoms with Crippen LogP contribution in [0.1, 0.15) is 26.7 Å². The van der Waals surface area contributed by atoms with E-state index in [-0.39, 0.29) is 16.1 Å². The van der Waals surface area contributed by atoms with Gasteiger partial charge in [-0.3, -0.25) is 4.79 Å². The number of rotatable bonds is 8. The van der Waals surface area contributed by atoms with Crippen LogP contribution in [0.3, 0.4) is 0 Å². The highest BCUT2D eigenvalue weighted by Crippen LogP contribution is 2.24. The highest BCUT2D eigenvalue weighted by atomic mass is 35.5. The van der Waals surface area contributed by atoms with E-state index in [0.717, 1.165) is 12.8 Å². The molecule has 1 rings (SSSR count). The first-order chi connectivity index (χ1) is 9.53. The minimum absolute atomic E-state index is 0.135. The van der Waals surface area contributed by atoms with Crippen molar-refractivity contribution in [2.75, 3.05) is 25.6 Å². The number of hydrogen-bond donors (Lipinski definition) is 2.